The molecule has 0 radical (unpaired) electrons. The van der Waals surface area contributed by atoms with Crippen molar-refractivity contribution in [2.24, 2.45) is 0 Å². The van der Waals surface area contributed by atoms with Crippen LogP contribution in [-0.4, -0.2) is 70.5 Å². The maximum atomic E-state index is 12.3. The number of alkyl halides is 1. The third kappa shape index (κ3) is 5.90. The predicted octanol–water partition coefficient (Wildman–Crippen LogP) is 2.10. The third-order valence-electron chi connectivity index (χ3n) is 5.02. The summed E-state index contributed by atoms with van der Waals surface area (Å²) in [6, 6.07) is 7.64. The number of nitrogens with zero attached hydrogens (tertiary/aromatic N) is 1. The van der Waals surface area contributed by atoms with E-state index in [0.29, 0.717) is 13.0 Å². The molecule has 4 atom stereocenters. The highest BCUT2D eigenvalue weighted by Gasteiger charge is 2.53. The second kappa shape index (κ2) is 11.0. The van der Waals surface area contributed by atoms with Crippen LogP contribution in [0.25, 0.3) is 11.1 Å². The van der Waals surface area contributed by atoms with E-state index < -0.39 is 34.9 Å². The molecule has 2 heterocycles. The van der Waals surface area contributed by atoms with Crippen LogP contribution in [0, 0.1) is 0 Å². The Kier molecular flexibility index (Phi) is 8.33. The molecular weight excluding hydrogens is 456 g/mol. The molecule has 4 aliphatic rings. The topological polar surface area (TPSA) is 102 Å². The lowest BCUT2D eigenvalue weighted by atomic mass is 10.1. The molecule has 8 nitrogen and oxygen atoms in total. The minimum absolute atomic E-state index is 0.0332. The lowest BCUT2D eigenvalue weighted by Crippen LogP contribution is -2.72. The Morgan fingerprint density at radius 3 is 2.62 bits per heavy atom. The third-order valence-corrected chi connectivity index (χ3v) is 6.70. The van der Waals surface area contributed by atoms with Crippen LogP contribution in [0.15, 0.2) is 36.9 Å². The Hall–Kier alpha value is -2.36. The molecular formula is C22H25ClN2O6S. The average Bonchev–Trinajstić information content (AvgIpc) is 3.14. The molecule has 0 spiro atoms. The number of Topliss-reactive ketones (excluding diaryl/α,β-unsaturated/α-hetero) is 1. The van der Waals surface area contributed by atoms with Crippen LogP contribution in [0.5, 0.6) is 0 Å². The monoisotopic (exact) mass is 480 g/mol. The van der Waals surface area contributed by atoms with E-state index in [9.17, 15) is 19.2 Å². The highest BCUT2D eigenvalue weighted by Crippen LogP contribution is 2.34. The number of likely N-dealkylation sites (tertiary alicyclic amines) is 1. The van der Waals surface area contributed by atoms with Crippen LogP contribution >= 0.6 is 23.4 Å². The summed E-state index contributed by atoms with van der Waals surface area (Å²) in [4.78, 5) is 48.8. The van der Waals surface area contributed by atoms with Gasteiger partial charge in [0.1, 0.15) is 24.1 Å². The van der Waals surface area contributed by atoms with Crippen LogP contribution < -0.4 is 5.32 Å². The van der Waals surface area contributed by atoms with Crippen LogP contribution in [0.1, 0.15) is 19.8 Å². The minimum atomic E-state index is -1.34. The molecule has 0 aromatic heterocycles. The summed E-state index contributed by atoms with van der Waals surface area (Å²) in [6.07, 6.45) is 2.46. The van der Waals surface area contributed by atoms with Crippen molar-refractivity contribution in [1.29, 1.82) is 0 Å². The second-order valence-corrected chi connectivity index (χ2v) is 8.95. The normalized spacial score (nSPS) is 23.2. The molecule has 4 rings (SSSR count). The van der Waals surface area contributed by atoms with Crippen molar-refractivity contribution in [3.8, 4) is 11.1 Å². The number of β-lactam (4-membered cyclic amide) rings is 1. The van der Waals surface area contributed by atoms with E-state index in [-0.39, 0.29) is 24.1 Å². The van der Waals surface area contributed by atoms with Gasteiger partial charge < -0.3 is 14.8 Å². The number of benzene rings is 1. The fourth-order valence-corrected chi connectivity index (χ4v) is 4.98. The first-order valence-electron chi connectivity index (χ1n) is 10.2. The van der Waals surface area contributed by atoms with Crippen molar-refractivity contribution >= 4 is 46.9 Å². The Morgan fingerprint density at radius 1 is 1.41 bits per heavy atom. The fraction of sp³-hybridized carbons (Fsp3) is 0.455. The minimum Gasteiger partial charge on any atom is -0.459 e. The first kappa shape index (κ1) is 24.3. The van der Waals surface area contributed by atoms with Crippen LogP contribution in [0.2, 0.25) is 0 Å². The Morgan fingerprint density at radius 2 is 2.12 bits per heavy atom. The molecule has 2 aliphatic carbocycles. The van der Waals surface area contributed by atoms with Gasteiger partial charge in [0.25, 0.3) is 5.91 Å². The van der Waals surface area contributed by atoms with Gasteiger partial charge >= 0.3 is 5.97 Å². The van der Waals surface area contributed by atoms with E-state index in [1.54, 1.807) is 0 Å². The summed E-state index contributed by atoms with van der Waals surface area (Å²) in [5.41, 5.74) is 1.51. The van der Waals surface area contributed by atoms with Gasteiger partial charge in [0, 0.05) is 13.5 Å². The van der Waals surface area contributed by atoms with Gasteiger partial charge in [-0.3, -0.25) is 19.3 Å². The summed E-state index contributed by atoms with van der Waals surface area (Å²) in [5, 5.41) is 1.88. The molecule has 4 unspecified atom stereocenters. The zero-order chi connectivity index (χ0) is 23.3. The maximum Gasteiger partial charge on any atom is 0.344 e. The van der Waals surface area contributed by atoms with Gasteiger partial charge in [-0.25, -0.2) is 4.79 Å². The van der Waals surface area contributed by atoms with Crippen LogP contribution in [0.4, 0.5) is 0 Å². The summed E-state index contributed by atoms with van der Waals surface area (Å²) in [5.74, 6) is -1.69. The number of ketones is 1. The summed E-state index contributed by atoms with van der Waals surface area (Å²) in [6.45, 7) is 5.24. The van der Waals surface area contributed by atoms with E-state index in [1.165, 1.54) is 24.1 Å². The summed E-state index contributed by atoms with van der Waals surface area (Å²) in [7, 11) is 0. The number of hydrogen-bond donors (Lipinski definition) is 1. The SMILES string of the molecule is C=CCOC(=O)C(Cl)N1C(=O)C(NC(C)=O)C1SCC(=O)C1CCCO1.c1cc2cc-2c1. The van der Waals surface area contributed by atoms with Crippen molar-refractivity contribution in [2.75, 3.05) is 19.0 Å². The molecule has 32 heavy (non-hydrogen) atoms. The maximum absolute atomic E-state index is 12.3. The predicted molar refractivity (Wildman–Crippen MR) is 121 cm³/mol. The lowest BCUT2D eigenvalue weighted by Gasteiger charge is -2.47. The standard InChI is InChI=1S/C16H21ClN2O6S.C6H4/c1-3-6-25-16(23)13(17)19-14(22)12(18-9(2)20)15(19)26-8-10(21)11-5-4-7-24-11;1-2-5-4-6(5)3-1/h3,11-13,15H,1,4-8H2,2H3,(H,18,20);1-4H. The molecule has 1 N–H and O–H groups in total. The van der Waals surface area contributed by atoms with Gasteiger partial charge in [-0.05, 0) is 30.0 Å². The Bertz CT molecular complexity index is 887. The van der Waals surface area contributed by atoms with E-state index in [2.05, 4.69) is 36.2 Å². The van der Waals surface area contributed by atoms with Gasteiger partial charge in [0.15, 0.2) is 5.78 Å². The summed E-state index contributed by atoms with van der Waals surface area (Å²) < 4.78 is 10.2. The van der Waals surface area contributed by atoms with E-state index in [1.807, 2.05) is 0 Å². The number of hydrogen-bond acceptors (Lipinski definition) is 7. The molecule has 0 aromatic carbocycles. The first-order valence-corrected chi connectivity index (χ1v) is 11.7. The number of amides is 2. The largest absolute Gasteiger partial charge is 0.459 e. The molecule has 0 saturated carbocycles. The van der Waals surface area contributed by atoms with E-state index in [0.717, 1.165) is 23.1 Å². The number of halogens is 1. The molecule has 2 fully saturated rings. The number of carbonyl (C=O) groups is 4. The zero-order valence-corrected chi connectivity index (χ0v) is 19.2. The highest BCUT2D eigenvalue weighted by molar-refractivity contribution is 8.00. The highest BCUT2D eigenvalue weighted by atomic mass is 35.5. The zero-order valence-electron chi connectivity index (χ0n) is 17.6. The van der Waals surface area contributed by atoms with Crippen molar-refractivity contribution in [3.05, 3.63) is 36.9 Å². The van der Waals surface area contributed by atoms with E-state index in [4.69, 9.17) is 21.1 Å². The number of rotatable bonds is 9. The number of esters is 1. The fourth-order valence-electron chi connectivity index (χ4n) is 3.35. The van der Waals surface area contributed by atoms with Gasteiger partial charge in [-0.1, -0.05) is 42.5 Å². The van der Waals surface area contributed by atoms with Crippen molar-refractivity contribution in [2.45, 2.75) is 42.8 Å². The first-order chi connectivity index (χ1) is 15.3. The molecule has 172 valence electrons. The Labute approximate surface area is 195 Å². The smallest absolute Gasteiger partial charge is 0.344 e. The lowest BCUT2D eigenvalue weighted by molar-refractivity contribution is -0.159. The van der Waals surface area contributed by atoms with E-state index >= 15 is 0 Å². The van der Waals surface area contributed by atoms with Crippen LogP contribution in [0.3, 0.4) is 0 Å². The molecule has 2 saturated heterocycles. The quantitative estimate of drug-likeness (QED) is 0.193. The molecule has 2 amide bonds. The number of ether oxygens (including phenoxy) is 2. The van der Waals surface area contributed by atoms with Crippen molar-refractivity contribution in [1.82, 2.24) is 10.2 Å². The number of carbonyl (C=O) groups excluding carboxylic acids is 4. The molecule has 2 aliphatic heterocycles. The van der Waals surface area contributed by atoms with Gasteiger partial charge in [0.2, 0.25) is 11.4 Å². The number of nitrogens with one attached hydrogen (secondary N) is 1. The Balaban J connectivity index is 0.000000405. The van der Waals surface area contributed by atoms with Gasteiger partial charge in [0.05, 0.1) is 5.75 Å². The number of fused-ring (bicyclic) bond motifs is 1. The van der Waals surface area contributed by atoms with Gasteiger partial charge in [-0.2, -0.15) is 0 Å². The number of thioether (sulfide) groups is 1. The van der Waals surface area contributed by atoms with Crippen molar-refractivity contribution < 1.29 is 28.7 Å². The van der Waals surface area contributed by atoms with Gasteiger partial charge in [-0.15, -0.1) is 11.8 Å². The average molecular weight is 481 g/mol. The molecule has 0 aromatic rings. The molecule has 0 bridgehead atoms. The summed E-state index contributed by atoms with van der Waals surface area (Å²) >= 11 is 7.20. The van der Waals surface area contributed by atoms with Crippen molar-refractivity contribution in [3.63, 3.8) is 0 Å². The molecule has 10 heteroatoms. The van der Waals surface area contributed by atoms with Crippen LogP contribution in [-0.2, 0) is 28.7 Å². The second-order valence-electron chi connectivity index (χ2n) is 7.43.